The Labute approximate surface area is 92.7 Å². The van der Waals surface area contributed by atoms with Crippen LogP contribution in [0, 0.1) is 0 Å². The molecule has 5 heteroatoms. The van der Waals surface area contributed by atoms with Crippen LogP contribution in [-0.4, -0.2) is 21.3 Å². The first-order chi connectivity index (χ1) is 6.84. The molecular weight excluding hydrogens is 214 g/mol. The molecular formula is C9H11N3S2. The number of aromatic nitrogens is 1. The molecule has 2 N–H and O–H groups in total. The van der Waals surface area contributed by atoms with Crippen LogP contribution in [0.4, 0.5) is 0 Å². The van der Waals surface area contributed by atoms with Gasteiger partial charge in [0.25, 0.3) is 0 Å². The van der Waals surface area contributed by atoms with Crippen LogP contribution >= 0.6 is 24.0 Å². The lowest BCUT2D eigenvalue weighted by atomic mass is 10.2. The molecule has 1 saturated heterocycles. The second-order valence-electron chi connectivity index (χ2n) is 3.04. The third-order valence-electron chi connectivity index (χ3n) is 1.99. The van der Waals surface area contributed by atoms with Crippen molar-refractivity contribution < 1.29 is 0 Å². The summed E-state index contributed by atoms with van der Waals surface area (Å²) in [5.41, 5.74) is 1.22. The molecule has 2 rings (SSSR count). The fourth-order valence-corrected chi connectivity index (χ4v) is 2.28. The molecule has 1 aliphatic rings. The summed E-state index contributed by atoms with van der Waals surface area (Å²) >= 11 is 6.72. The summed E-state index contributed by atoms with van der Waals surface area (Å²) in [6.07, 6.45) is 4.82. The quantitative estimate of drug-likeness (QED) is 0.738. The smallest absolute Gasteiger partial charge is 0.136 e. The molecule has 1 aromatic rings. The summed E-state index contributed by atoms with van der Waals surface area (Å²) < 4.78 is 0.873. The first kappa shape index (κ1) is 9.89. The number of nitrogens with one attached hydrogen (secondary N) is 2. The van der Waals surface area contributed by atoms with E-state index in [0.717, 1.165) is 16.6 Å². The van der Waals surface area contributed by atoms with Crippen molar-refractivity contribution >= 4 is 28.3 Å². The lowest BCUT2D eigenvalue weighted by Crippen LogP contribution is -2.49. The first-order valence-corrected chi connectivity index (χ1v) is 5.79. The largest absolute Gasteiger partial charge is 0.355 e. The molecule has 1 aromatic heterocycles. The minimum absolute atomic E-state index is 0.243. The standard InChI is InChI=1S/C9H11N3S2/c13-9-12-8(11-6-14-9)4-7-2-1-3-10-5-7/h1-3,5,8,11H,4,6H2,(H,12,13). The van der Waals surface area contributed by atoms with Crippen molar-refractivity contribution in [2.24, 2.45) is 0 Å². The maximum Gasteiger partial charge on any atom is 0.136 e. The highest BCUT2D eigenvalue weighted by Gasteiger charge is 2.15. The third kappa shape index (κ3) is 2.67. The topological polar surface area (TPSA) is 37.0 Å². The number of hydrogen-bond donors (Lipinski definition) is 2. The number of rotatable bonds is 2. The highest BCUT2D eigenvalue weighted by atomic mass is 32.2. The van der Waals surface area contributed by atoms with Crippen molar-refractivity contribution in [1.82, 2.24) is 15.6 Å². The van der Waals surface area contributed by atoms with E-state index in [1.807, 2.05) is 12.3 Å². The average molecular weight is 225 g/mol. The summed E-state index contributed by atoms with van der Waals surface area (Å²) in [5.74, 6) is 0.886. The van der Waals surface area contributed by atoms with Crippen molar-refractivity contribution in [1.29, 1.82) is 0 Å². The van der Waals surface area contributed by atoms with Gasteiger partial charge in [-0.15, -0.1) is 0 Å². The lowest BCUT2D eigenvalue weighted by Gasteiger charge is -2.25. The van der Waals surface area contributed by atoms with E-state index in [1.165, 1.54) is 5.56 Å². The van der Waals surface area contributed by atoms with Crippen LogP contribution in [0.3, 0.4) is 0 Å². The van der Waals surface area contributed by atoms with Crippen LogP contribution < -0.4 is 10.6 Å². The van der Waals surface area contributed by atoms with Crippen molar-refractivity contribution in [2.45, 2.75) is 12.6 Å². The van der Waals surface area contributed by atoms with Crippen LogP contribution in [0.1, 0.15) is 5.56 Å². The van der Waals surface area contributed by atoms with Gasteiger partial charge in [-0.1, -0.05) is 30.0 Å². The number of thiocarbonyl (C=S) groups is 1. The summed E-state index contributed by atoms with van der Waals surface area (Å²) in [7, 11) is 0. The zero-order valence-electron chi connectivity index (χ0n) is 7.56. The Kier molecular flexibility index (Phi) is 3.34. The molecule has 0 amide bonds. The van der Waals surface area contributed by atoms with E-state index < -0.39 is 0 Å². The molecule has 2 heterocycles. The van der Waals surface area contributed by atoms with Gasteiger partial charge in [0.1, 0.15) is 4.32 Å². The Morgan fingerprint density at radius 1 is 1.64 bits per heavy atom. The van der Waals surface area contributed by atoms with E-state index in [-0.39, 0.29) is 6.17 Å². The van der Waals surface area contributed by atoms with Gasteiger partial charge in [-0.2, -0.15) is 0 Å². The molecule has 1 atom stereocenters. The van der Waals surface area contributed by atoms with E-state index in [0.29, 0.717) is 0 Å². The normalized spacial score (nSPS) is 21.7. The Morgan fingerprint density at radius 3 is 3.29 bits per heavy atom. The molecule has 0 aliphatic carbocycles. The number of hydrogen-bond acceptors (Lipinski definition) is 4. The molecule has 3 nitrogen and oxygen atoms in total. The Bertz CT molecular complexity index is 315. The van der Waals surface area contributed by atoms with Gasteiger partial charge in [0.2, 0.25) is 0 Å². The molecule has 1 aliphatic heterocycles. The molecule has 74 valence electrons. The molecule has 0 spiro atoms. The summed E-state index contributed by atoms with van der Waals surface area (Å²) in [5, 5.41) is 6.55. The van der Waals surface area contributed by atoms with Crippen molar-refractivity contribution in [3.05, 3.63) is 30.1 Å². The Balaban J connectivity index is 1.94. The summed E-state index contributed by atoms with van der Waals surface area (Å²) in [4.78, 5) is 4.08. The minimum atomic E-state index is 0.243. The summed E-state index contributed by atoms with van der Waals surface area (Å²) in [6, 6.07) is 4.02. The molecule has 0 radical (unpaired) electrons. The van der Waals surface area contributed by atoms with E-state index in [1.54, 1.807) is 18.0 Å². The predicted molar refractivity (Wildman–Crippen MR) is 63.1 cm³/mol. The van der Waals surface area contributed by atoms with Crippen LogP contribution in [-0.2, 0) is 6.42 Å². The van der Waals surface area contributed by atoms with E-state index in [9.17, 15) is 0 Å². The Morgan fingerprint density at radius 2 is 2.57 bits per heavy atom. The monoisotopic (exact) mass is 225 g/mol. The highest BCUT2D eigenvalue weighted by Crippen LogP contribution is 2.08. The summed E-state index contributed by atoms with van der Waals surface area (Å²) in [6.45, 7) is 0. The molecule has 0 saturated carbocycles. The zero-order chi connectivity index (χ0) is 9.80. The van der Waals surface area contributed by atoms with Crippen LogP contribution in [0.2, 0.25) is 0 Å². The van der Waals surface area contributed by atoms with Crippen molar-refractivity contribution in [2.75, 3.05) is 5.88 Å². The number of thioether (sulfide) groups is 1. The van der Waals surface area contributed by atoms with E-state index in [4.69, 9.17) is 12.2 Å². The van der Waals surface area contributed by atoms with Gasteiger partial charge in [0, 0.05) is 18.8 Å². The average Bonchev–Trinajstić information content (AvgIpc) is 2.19. The van der Waals surface area contributed by atoms with Gasteiger partial charge < -0.3 is 5.32 Å². The van der Waals surface area contributed by atoms with Gasteiger partial charge in [-0.05, 0) is 11.6 Å². The van der Waals surface area contributed by atoms with Gasteiger partial charge in [-0.25, -0.2) is 0 Å². The fourth-order valence-electron chi connectivity index (χ4n) is 1.32. The Hall–Kier alpha value is -0.650. The third-order valence-corrected chi connectivity index (χ3v) is 3.15. The zero-order valence-corrected chi connectivity index (χ0v) is 9.20. The number of nitrogens with zero attached hydrogens (tertiary/aromatic N) is 1. The maximum atomic E-state index is 5.10. The number of pyridine rings is 1. The minimum Gasteiger partial charge on any atom is -0.355 e. The fraction of sp³-hybridized carbons (Fsp3) is 0.333. The predicted octanol–water partition coefficient (Wildman–Crippen LogP) is 1.12. The first-order valence-electron chi connectivity index (χ1n) is 4.40. The van der Waals surface area contributed by atoms with Crippen LogP contribution in [0.5, 0.6) is 0 Å². The molecule has 0 aromatic carbocycles. The van der Waals surface area contributed by atoms with Crippen molar-refractivity contribution in [3.63, 3.8) is 0 Å². The molecule has 1 fully saturated rings. The van der Waals surface area contributed by atoms with Crippen molar-refractivity contribution in [3.8, 4) is 0 Å². The SMILES string of the molecule is S=C1NC(Cc2cccnc2)NCS1. The van der Waals surface area contributed by atoms with Gasteiger partial charge in [0.05, 0.1) is 12.0 Å². The lowest BCUT2D eigenvalue weighted by molar-refractivity contribution is 0.519. The highest BCUT2D eigenvalue weighted by molar-refractivity contribution is 8.23. The van der Waals surface area contributed by atoms with Crippen LogP contribution in [0.25, 0.3) is 0 Å². The molecule has 14 heavy (non-hydrogen) atoms. The molecule has 0 bridgehead atoms. The van der Waals surface area contributed by atoms with Crippen LogP contribution in [0.15, 0.2) is 24.5 Å². The second-order valence-corrected chi connectivity index (χ2v) is 4.69. The van der Waals surface area contributed by atoms with Gasteiger partial charge >= 0.3 is 0 Å². The van der Waals surface area contributed by atoms with E-state index >= 15 is 0 Å². The van der Waals surface area contributed by atoms with E-state index in [2.05, 4.69) is 21.7 Å². The molecule has 1 unspecified atom stereocenters. The van der Waals surface area contributed by atoms with Gasteiger partial charge in [-0.3, -0.25) is 10.3 Å². The second kappa shape index (κ2) is 4.72. The van der Waals surface area contributed by atoms with Gasteiger partial charge in [0.15, 0.2) is 0 Å². The maximum absolute atomic E-state index is 5.10.